The lowest BCUT2D eigenvalue weighted by Gasteiger charge is -2.12. The number of amides is 1. The van der Waals surface area contributed by atoms with Crippen molar-refractivity contribution in [2.24, 2.45) is 0 Å². The minimum atomic E-state index is -3.55. The van der Waals surface area contributed by atoms with Gasteiger partial charge in [0, 0.05) is 16.2 Å². The van der Waals surface area contributed by atoms with Gasteiger partial charge in [-0.05, 0) is 78.4 Å². The molecule has 0 saturated heterocycles. The zero-order chi connectivity index (χ0) is 19.3. The molecule has 6 nitrogen and oxygen atoms in total. The molecule has 1 amide bonds. The normalized spacial score (nSPS) is 11.2. The fourth-order valence-corrected chi connectivity index (χ4v) is 4.00. The first-order chi connectivity index (χ1) is 12.2. The van der Waals surface area contributed by atoms with Gasteiger partial charge in [-0.2, -0.15) is 0 Å². The Kier molecular flexibility index (Phi) is 6.87. The van der Waals surface area contributed by atoms with Crippen molar-refractivity contribution >= 4 is 54.9 Å². The summed E-state index contributed by atoms with van der Waals surface area (Å²) in [6.45, 7) is 3.50. The molecule has 0 aliphatic heterocycles. The topological polar surface area (TPSA) is 87.3 Å². The van der Waals surface area contributed by atoms with Crippen LogP contribution in [-0.2, 0) is 10.0 Å². The van der Waals surface area contributed by atoms with E-state index in [9.17, 15) is 13.2 Å². The monoisotopic (exact) mass is 455 g/mol. The number of rotatable bonds is 5. The van der Waals surface area contributed by atoms with Gasteiger partial charge in [-0.1, -0.05) is 12.1 Å². The van der Waals surface area contributed by atoms with E-state index in [0.717, 1.165) is 0 Å². The Morgan fingerprint density at radius 3 is 2.27 bits per heavy atom. The van der Waals surface area contributed by atoms with Crippen LogP contribution < -0.4 is 15.4 Å². The van der Waals surface area contributed by atoms with E-state index in [0.29, 0.717) is 15.7 Å². The summed E-state index contributed by atoms with van der Waals surface area (Å²) in [5, 5.41) is 5.54. The van der Waals surface area contributed by atoms with Crippen LogP contribution >= 0.6 is 28.1 Å². The second-order valence-electron chi connectivity index (χ2n) is 5.69. The quantitative estimate of drug-likeness (QED) is 0.602. The lowest BCUT2D eigenvalue weighted by Crippen LogP contribution is -2.34. The number of hydrogen-bond donors (Lipinski definition) is 3. The number of nitrogens with one attached hydrogen (secondary N) is 3. The average molecular weight is 456 g/mol. The summed E-state index contributed by atoms with van der Waals surface area (Å²) in [5.41, 5.74) is 1.02. The molecule has 0 spiro atoms. The third-order valence-corrected chi connectivity index (χ3v) is 5.73. The smallest absolute Gasteiger partial charge is 0.258 e. The number of carbonyl (C=O) groups is 1. The fraction of sp³-hybridized carbons (Fsp3) is 0.176. The van der Waals surface area contributed by atoms with Gasteiger partial charge in [-0.3, -0.25) is 10.1 Å². The van der Waals surface area contributed by atoms with E-state index in [1.807, 2.05) is 0 Å². The molecule has 0 saturated carbocycles. The molecule has 0 heterocycles. The van der Waals surface area contributed by atoms with Crippen LogP contribution in [0.3, 0.4) is 0 Å². The first kappa shape index (κ1) is 20.5. The highest BCUT2D eigenvalue weighted by Crippen LogP contribution is 2.16. The fourth-order valence-electron chi connectivity index (χ4n) is 2.07. The minimum absolute atomic E-state index is 0.113. The molecule has 0 radical (unpaired) electrons. The summed E-state index contributed by atoms with van der Waals surface area (Å²) in [4.78, 5) is 12.4. The summed E-state index contributed by atoms with van der Waals surface area (Å²) in [6, 6.07) is 12.9. The van der Waals surface area contributed by atoms with E-state index >= 15 is 0 Å². The first-order valence-corrected chi connectivity index (χ1v) is 10.4. The Morgan fingerprint density at radius 1 is 1.08 bits per heavy atom. The van der Waals surface area contributed by atoms with Crippen LogP contribution in [0.2, 0.25) is 0 Å². The van der Waals surface area contributed by atoms with Crippen LogP contribution in [0.5, 0.6) is 0 Å². The number of anilines is 1. The summed E-state index contributed by atoms with van der Waals surface area (Å²) in [7, 11) is -3.55. The van der Waals surface area contributed by atoms with Gasteiger partial charge in [0.1, 0.15) is 0 Å². The Balaban J connectivity index is 2.02. The molecule has 0 aliphatic carbocycles. The van der Waals surface area contributed by atoms with Gasteiger partial charge in [0.2, 0.25) is 10.0 Å². The lowest BCUT2D eigenvalue weighted by molar-refractivity contribution is 0.0977. The van der Waals surface area contributed by atoms with Crippen LogP contribution in [0.15, 0.2) is 57.9 Å². The van der Waals surface area contributed by atoms with Gasteiger partial charge < -0.3 is 5.32 Å². The maximum atomic E-state index is 12.2. The summed E-state index contributed by atoms with van der Waals surface area (Å²) >= 11 is 8.44. The van der Waals surface area contributed by atoms with Crippen molar-refractivity contribution < 1.29 is 13.2 Å². The number of thiocarbonyl (C=S) groups is 1. The van der Waals surface area contributed by atoms with E-state index in [2.05, 4.69) is 31.3 Å². The van der Waals surface area contributed by atoms with E-state index in [1.54, 1.807) is 50.2 Å². The van der Waals surface area contributed by atoms with Crippen LogP contribution in [0, 0.1) is 0 Å². The predicted molar refractivity (Wildman–Crippen MR) is 110 cm³/mol. The maximum absolute atomic E-state index is 12.2. The molecular formula is C17H18BrN3O3S2. The predicted octanol–water partition coefficient (Wildman–Crippen LogP) is 3.26. The third-order valence-electron chi connectivity index (χ3n) is 3.16. The molecule has 0 unspecified atom stereocenters. The van der Waals surface area contributed by atoms with Gasteiger partial charge in [0.15, 0.2) is 5.11 Å². The molecular weight excluding hydrogens is 438 g/mol. The lowest BCUT2D eigenvalue weighted by atomic mass is 10.2. The maximum Gasteiger partial charge on any atom is 0.258 e. The van der Waals surface area contributed by atoms with E-state index in [4.69, 9.17) is 12.2 Å². The van der Waals surface area contributed by atoms with Crippen molar-refractivity contribution in [2.45, 2.75) is 24.8 Å². The largest absolute Gasteiger partial charge is 0.332 e. The van der Waals surface area contributed by atoms with Crippen molar-refractivity contribution in [3.8, 4) is 0 Å². The SMILES string of the molecule is CC(C)NS(=O)(=O)c1ccc(NC(=S)NC(=O)c2ccccc2Br)cc1. The Morgan fingerprint density at radius 2 is 1.69 bits per heavy atom. The van der Waals surface area contributed by atoms with E-state index < -0.39 is 10.0 Å². The Hall–Kier alpha value is -1.81. The zero-order valence-electron chi connectivity index (χ0n) is 14.1. The molecule has 138 valence electrons. The van der Waals surface area contributed by atoms with Gasteiger partial charge in [-0.25, -0.2) is 13.1 Å². The summed E-state index contributed by atoms with van der Waals surface area (Å²) in [6.07, 6.45) is 0. The Bertz CT molecular complexity index is 913. The van der Waals surface area contributed by atoms with Crippen molar-refractivity contribution in [1.29, 1.82) is 0 Å². The molecule has 3 N–H and O–H groups in total. The summed E-state index contributed by atoms with van der Waals surface area (Å²) < 4.78 is 27.4. The molecule has 2 aromatic carbocycles. The van der Waals surface area contributed by atoms with Crippen molar-refractivity contribution in [3.63, 3.8) is 0 Å². The second-order valence-corrected chi connectivity index (χ2v) is 8.67. The molecule has 0 atom stereocenters. The van der Waals surface area contributed by atoms with E-state index in [1.165, 1.54) is 12.1 Å². The number of carbonyl (C=O) groups excluding carboxylic acids is 1. The standard InChI is InChI=1S/C17H18BrN3O3S2/c1-11(2)21-26(23,24)13-9-7-12(8-10-13)19-17(25)20-16(22)14-5-3-4-6-15(14)18/h3-11,21H,1-2H3,(H2,19,20,22,25). The molecule has 0 aliphatic rings. The summed E-state index contributed by atoms with van der Waals surface area (Å²) in [5.74, 6) is -0.352. The van der Waals surface area contributed by atoms with Crippen molar-refractivity contribution in [2.75, 3.05) is 5.32 Å². The van der Waals surface area contributed by atoms with Crippen LogP contribution in [0.25, 0.3) is 0 Å². The van der Waals surface area contributed by atoms with Gasteiger partial charge in [0.05, 0.1) is 10.5 Å². The van der Waals surface area contributed by atoms with Crippen LogP contribution in [0.1, 0.15) is 24.2 Å². The number of hydrogen-bond acceptors (Lipinski definition) is 4. The molecule has 0 fully saturated rings. The highest BCUT2D eigenvalue weighted by molar-refractivity contribution is 9.10. The number of halogens is 1. The highest BCUT2D eigenvalue weighted by Gasteiger charge is 2.15. The number of sulfonamides is 1. The molecule has 2 rings (SSSR count). The molecule has 0 bridgehead atoms. The third kappa shape index (κ3) is 5.60. The van der Waals surface area contributed by atoms with Gasteiger partial charge in [-0.15, -0.1) is 0 Å². The van der Waals surface area contributed by atoms with Crippen LogP contribution in [0.4, 0.5) is 5.69 Å². The zero-order valence-corrected chi connectivity index (χ0v) is 17.3. The van der Waals surface area contributed by atoms with Gasteiger partial charge >= 0.3 is 0 Å². The van der Waals surface area contributed by atoms with Crippen molar-refractivity contribution in [3.05, 3.63) is 58.6 Å². The molecule has 0 aromatic heterocycles. The molecule has 9 heteroatoms. The molecule has 2 aromatic rings. The average Bonchev–Trinajstić information content (AvgIpc) is 2.54. The number of benzene rings is 2. The Labute approximate surface area is 166 Å². The highest BCUT2D eigenvalue weighted by atomic mass is 79.9. The van der Waals surface area contributed by atoms with Crippen LogP contribution in [-0.4, -0.2) is 25.5 Å². The van der Waals surface area contributed by atoms with E-state index in [-0.39, 0.29) is 22.0 Å². The van der Waals surface area contributed by atoms with Crippen molar-refractivity contribution in [1.82, 2.24) is 10.0 Å². The van der Waals surface area contributed by atoms with Gasteiger partial charge in [0.25, 0.3) is 5.91 Å². The molecule has 26 heavy (non-hydrogen) atoms. The first-order valence-electron chi connectivity index (χ1n) is 7.68. The minimum Gasteiger partial charge on any atom is -0.332 e. The second kappa shape index (κ2) is 8.72.